The van der Waals surface area contributed by atoms with Crippen molar-refractivity contribution in [3.63, 3.8) is 0 Å². The number of nitro benzene ring substituents is 1. The maximum atomic E-state index is 12.4. The van der Waals surface area contributed by atoms with E-state index in [-0.39, 0.29) is 11.6 Å². The molecule has 3 rings (SSSR count). The van der Waals surface area contributed by atoms with Crippen molar-refractivity contribution in [2.75, 3.05) is 6.61 Å². The van der Waals surface area contributed by atoms with Crippen molar-refractivity contribution in [1.82, 2.24) is 4.57 Å². The Labute approximate surface area is 147 Å². The molecule has 0 unspecified atom stereocenters. The number of thiazole rings is 1. The van der Waals surface area contributed by atoms with Gasteiger partial charge < -0.3 is 9.30 Å². The van der Waals surface area contributed by atoms with E-state index in [0.717, 1.165) is 4.70 Å². The van der Waals surface area contributed by atoms with E-state index in [1.54, 1.807) is 41.9 Å². The highest BCUT2D eigenvalue weighted by Crippen LogP contribution is 2.22. The molecule has 1 aromatic heterocycles. The number of benzene rings is 2. The third-order valence-corrected chi connectivity index (χ3v) is 4.73. The minimum absolute atomic E-state index is 0.00490. The quantitative estimate of drug-likeness (QED) is 0.529. The summed E-state index contributed by atoms with van der Waals surface area (Å²) in [5, 5.41) is 10.9. The highest BCUT2D eigenvalue weighted by Gasteiger charge is 2.11. The molecule has 128 valence electrons. The van der Waals surface area contributed by atoms with Gasteiger partial charge in [0.1, 0.15) is 5.75 Å². The molecule has 0 aliphatic rings. The van der Waals surface area contributed by atoms with Crippen LogP contribution in [0, 0.1) is 10.1 Å². The molecule has 0 spiro atoms. The van der Waals surface area contributed by atoms with Crippen LogP contribution in [0.1, 0.15) is 17.3 Å². The number of carbonyl (C=O) groups is 1. The minimum Gasteiger partial charge on any atom is -0.494 e. The molecule has 1 heterocycles. The molecule has 0 N–H and O–H groups in total. The van der Waals surface area contributed by atoms with Gasteiger partial charge in [-0.05, 0) is 37.3 Å². The summed E-state index contributed by atoms with van der Waals surface area (Å²) in [5.74, 6) is 0.318. The van der Waals surface area contributed by atoms with Crippen LogP contribution < -0.4 is 9.54 Å². The molecule has 2 aromatic carbocycles. The van der Waals surface area contributed by atoms with Crippen molar-refractivity contribution >= 4 is 33.1 Å². The molecular weight excluding hydrogens is 342 g/mol. The summed E-state index contributed by atoms with van der Waals surface area (Å²) < 4.78 is 7.85. The van der Waals surface area contributed by atoms with Crippen LogP contribution in [0.3, 0.4) is 0 Å². The van der Waals surface area contributed by atoms with Crippen molar-refractivity contribution < 1.29 is 14.5 Å². The lowest BCUT2D eigenvalue weighted by Crippen LogP contribution is -2.13. The first-order chi connectivity index (χ1) is 12.0. The summed E-state index contributed by atoms with van der Waals surface area (Å²) in [6, 6.07) is 11.4. The van der Waals surface area contributed by atoms with Crippen LogP contribution in [0.15, 0.2) is 47.5 Å². The molecule has 0 radical (unpaired) electrons. The van der Waals surface area contributed by atoms with Gasteiger partial charge in [0.05, 0.1) is 21.7 Å². The van der Waals surface area contributed by atoms with Crippen molar-refractivity contribution in [2.24, 2.45) is 12.0 Å². The summed E-state index contributed by atoms with van der Waals surface area (Å²) in [4.78, 5) is 27.5. The van der Waals surface area contributed by atoms with E-state index in [9.17, 15) is 14.9 Å². The second-order valence-corrected chi connectivity index (χ2v) is 6.24. The third kappa shape index (κ3) is 3.43. The fourth-order valence-corrected chi connectivity index (χ4v) is 3.34. The van der Waals surface area contributed by atoms with Gasteiger partial charge in [-0.3, -0.25) is 14.9 Å². The highest BCUT2D eigenvalue weighted by molar-refractivity contribution is 7.16. The van der Waals surface area contributed by atoms with Gasteiger partial charge in [0.2, 0.25) is 0 Å². The minimum atomic E-state index is -0.445. The molecule has 0 fully saturated rings. The SMILES string of the molecule is CCOc1ccc(C(=O)N=c2sc3ccc([N+](=O)[O-])cc3n2C)cc1. The zero-order valence-corrected chi connectivity index (χ0v) is 14.4. The number of non-ortho nitro benzene ring substituents is 1. The Bertz CT molecular complexity index is 1020. The van der Waals surface area contributed by atoms with E-state index in [0.29, 0.717) is 28.2 Å². The Kier molecular flexibility index (Phi) is 4.62. The van der Waals surface area contributed by atoms with Crippen LogP contribution in [0.25, 0.3) is 10.2 Å². The zero-order chi connectivity index (χ0) is 18.0. The summed E-state index contributed by atoms with van der Waals surface area (Å²) in [6.45, 7) is 2.45. The first-order valence-corrected chi connectivity index (χ1v) is 8.37. The molecule has 3 aromatic rings. The molecular formula is C17H15N3O4S. The fourth-order valence-electron chi connectivity index (χ4n) is 2.35. The van der Waals surface area contributed by atoms with Crippen molar-refractivity contribution in [3.05, 3.63) is 62.9 Å². The van der Waals surface area contributed by atoms with Gasteiger partial charge in [0, 0.05) is 24.7 Å². The number of ether oxygens (including phenoxy) is 1. The van der Waals surface area contributed by atoms with E-state index in [4.69, 9.17) is 4.74 Å². The smallest absolute Gasteiger partial charge is 0.279 e. The fraction of sp³-hybridized carbons (Fsp3) is 0.176. The van der Waals surface area contributed by atoms with Crippen LogP contribution in [0.2, 0.25) is 0 Å². The van der Waals surface area contributed by atoms with E-state index >= 15 is 0 Å². The number of hydrogen-bond acceptors (Lipinski definition) is 5. The third-order valence-electron chi connectivity index (χ3n) is 3.61. The molecule has 7 nitrogen and oxygen atoms in total. The topological polar surface area (TPSA) is 86.7 Å². The maximum absolute atomic E-state index is 12.4. The van der Waals surface area contributed by atoms with Crippen molar-refractivity contribution in [3.8, 4) is 5.75 Å². The average Bonchev–Trinajstić information content (AvgIpc) is 2.91. The lowest BCUT2D eigenvalue weighted by atomic mass is 10.2. The Morgan fingerprint density at radius 1 is 1.28 bits per heavy atom. The average molecular weight is 357 g/mol. The first kappa shape index (κ1) is 16.8. The van der Waals surface area contributed by atoms with Crippen molar-refractivity contribution in [1.29, 1.82) is 0 Å². The molecule has 0 atom stereocenters. The van der Waals surface area contributed by atoms with Crippen molar-refractivity contribution in [2.45, 2.75) is 6.92 Å². The Morgan fingerprint density at radius 3 is 2.64 bits per heavy atom. The predicted octanol–water partition coefficient (Wildman–Crippen LogP) is 3.29. The molecule has 25 heavy (non-hydrogen) atoms. The van der Waals surface area contributed by atoms with Crippen LogP contribution in [0.4, 0.5) is 5.69 Å². The van der Waals surface area contributed by atoms with Crippen LogP contribution in [-0.4, -0.2) is 22.0 Å². The van der Waals surface area contributed by atoms with Crippen LogP contribution in [0.5, 0.6) is 5.75 Å². The molecule has 0 aliphatic carbocycles. The van der Waals surface area contributed by atoms with Gasteiger partial charge in [-0.2, -0.15) is 4.99 Å². The monoisotopic (exact) mass is 357 g/mol. The van der Waals surface area contributed by atoms with E-state index in [1.807, 2.05) is 6.92 Å². The molecule has 0 aliphatic heterocycles. The number of nitro groups is 1. The normalized spacial score (nSPS) is 11.7. The largest absolute Gasteiger partial charge is 0.494 e. The molecule has 8 heteroatoms. The second-order valence-electron chi connectivity index (χ2n) is 5.23. The van der Waals surface area contributed by atoms with Gasteiger partial charge in [0.25, 0.3) is 11.6 Å². The number of aryl methyl sites for hydroxylation is 1. The van der Waals surface area contributed by atoms with E-state index in [1.165, 1.54) is 23.5 Å². The summed E-state index contributed by atoms with van der Waals surface area (Å²) >= 11 is 1.31. The number of aromatic nitrogens is 1. The maximum Gasteiger partial charge on any atom is 0.279 e. The number of carbonyl (C=O) groups excluding carboxylic acids is 1. The lowest BCUT2D eigenvalue weighted by molar-refractivity contribution is -0.384. The Balaban J connectivity index is 1.98. The first-order valence-electron chi connectivity index (χ1n) is 7.55. The predicted molar refractivity (Wildman–Crippen MR) is 95.0 cm³/mol. The van der Waals surface area contributed by atoms with E-state index in [2.05, 4.69) is 4.99 Å². The molecule has 0 saturated carbocycles. The number of amides is 1. The molecule has 0 bridgehead atoms. The van der Waals surface area contributed by atoms with Crippen LogP contribution >= 0.6 is 11.3 Å². The summed E-state index contributed by atoms with van der Waals surface area (Å²) in [6.07, 6.45) is 0. The number of rotatable bonds is 4. The number of nitrogens with zero attached hydrogens (tertiary/aromatic N) is 3. The molecule has 0 saturated heterocycles. The Hall–Kier alpha value is -3.00. The van der Waals surface area contributed by atoms with Gasteiger partial charge in [0.15, 0.2) is 4.80 Å². The number of fused-ring (bicyclic) bond motifs is 1. The summed E-state index contributed by atoms with van der Waals surface area (Å²) in [7, 11) is 1.73. The zero-order valence-electron chi connectivity index (χ0n) is 13.6. The highest BCUT2D eigenvalue weighted by atomic mass is 32.1. The van der Waals surface area contributed by atoms with Gasteiger partial charge >= 0.3 is 0 Å². The second kappa shape index (κ2) is 6.86. The molecule has 1 amide bonds. The van der Waals surface area contributed by atoms with E-state index < -0.39 is 4.92 Å². The lowest BCUT2D eigenvalue weighted by Gasteiger charge is -2.02. The van der Waals surface area contributed by atoms with Crippen LogP contribution in [-0.2, 0) is 7.05 Å². The van der Waals surface area contributed by atoms with Gasteiger partial charge in [-0.15, -0.1) is 0 Å². The standard InChI is InChI=1S/C17H15N3O4S/c1-3-24-13-7-4-11(5-8-13)16(21)18-17-19(2)14-10-12(20(22)23)6-9-15(14)25-17/h4-10H,3H2,1-2H3. The van der Waals surface area contributed by atoms with Gasteiger partial charge in [-0.25, -0.2) is 0 Å². The Morgan fingerprint density at radius 2 is 2.00 bits per heavy atom. The summed E-state index contributed by atoms with van der Waals surface area (Å²) in [5.41, 5.74) is 1.12. The van der Waals surface area contributed by atoms with Gasteiger partial charge in [-0.1, -0.05) is 11.3 Å². The number of hydrogen-bond donors (Lipinski definition) is 0.